The number of ether oxygens (including phenoxy) is 1. The maximum atomic E-state index is 6.28. The second kappa shape index (κ2) is 5.54. The van der Waals surface area contributed by atoms with Crippen molar-refractivity contribution in [3.63, 3.8) is 0 Å². The number of rotatable bonds is 3. The number of nitrogens with two attached hydrogens (primary N) is 1. The fraction of sp³-hybridized carbons (Fsp3) is 0.647. The summed E-state index contributed by atoms with van der Waals surface area (Å²) in [4.78, 5) is 0. The predicted octanol–water partition coefficient (Wildman–Crippen LogP) is 4.56. The van der Waals surface area contributed by atoms with Crippen LogP contribution in [0, 0.1) is 11.3 Å². The summed E-state index contributed by atoms with van der Waals surface area (Å²) >= 11 is 0. The standard InChI is InChI=1S/C17H27NO/c1-12-8-16(11-17(3,4)10-12)19-13(2)14-6-5-7-15(18)9-14/h5-7,9,12-13,16H,8,10-11,18H2,1-4H3. The number of nitrogen functional groups attached to an aromatic ring is 1. The number of anilines is 1. The van der Waals surface area contributed by atoms with Gasteiger partial charge in [0.25, 0.3) is 0 Å². The first-order chi connectivity index (χ1) is 8.85. The number of hydrogen-bond donors (Lipinski definition) is 1. The van der Waals surface area contributed by atoms with Crippen LogP contribution in [-0.2, 0) is 4.74 Å². The van der Waals surface area contributed by atoms with Gasteiger partial charge in [-0.05, 0) is 55.2 Å². The van der Waals surface area contributed by atoms with E-state index in [2.05, 4.69) is 33.8 Å². The van der Waals surface area contributed by atoms with Gasteiger partial charge in [-0.15, -0.1) is 0 Å². The third-order valence-corrected chi connectivity index (χ3v) is 4.12. The first kappa shape index (κ1) is 14.4. The van der Waals surface area contributed by atoms with E-state index in [4.69, 9.17) is 10.5 Å². The van der Waals surface area contributed by atoms with Crippen molar-refractivity contribution in [3.05, 3.63) is 29.8 Å². The average Bonchev–Trinajstić information content (AvgIpc) is 2.25. The molecular weight excluding hydrogens is 234 g/mol. The van der Waals surface area contributed by atoms with Gasteiger partial charge in [0.1, 0.15) is 0 Å². The van der Waals surface area contributed by atoms with Gasteiger partial charge in [-0.2, -0.15) is 0 Å². The highest BCUT2D eigenvalue weighted by Gasteiger charge is 2.33. The van der Waals surface area contributed by atoms with E-state index in [0.29, 0.717) is 11.5 Å². The highest BCUT2D eigenvalue weighted by molar-refractivity contribution is 5.41. The van der Waals surface area contributed by atoms with Crippen molar-refractivity contribution in [3.8, 4) is 0 Å². The van der Waals surface area contributed by atoms with Gasteiger partial charge in [0, 0.05) is 5.69 Å². The maximum Gasteiger partial charge on any atom is 0.0801 e. The first-order valence-electron chi connectivity index (χ1n) is 7.36. The van der Waals surface area contributed by atoms with Gasteiger partial charge >= 0.3 is 0 Å². The molecular formula is C17H27NO. The zero-order valence-corrected chi connectivity index (χ0v) is 12.6. The lowest BCUT2D eigenvalue weighted by molar-refractivity contribution is -0.0601. The number of hydrogen-bond acceptors (Lipinski definition) is 2. The molecule has 2 rings (SSSR count). The van der Waals surface area contributed by atoms with Crippen LogP contribution in [0.15, 0.2) is 24.3 Å². The van der Waals surface area contributed by atoms with Crippen molar-refractivity contribution >= 4 is 5.69 Å². The molecule has 0 spiro atoms. The minimum absolute atomic E-state index is 0.120. The molecule has 1 saturated carbocycles. The number of benzene rings is 1. The normalized spacial score (nSPS) is 28.0. The van der Waals surface area contributed by atoms with Gasteiger partial charge in [-0.25, -0.2) is 0 Å². The minimum Gasteiger partial charge on any atom is -0.399 e. The highest BCUT2D eigenvalue weighted by atomic mass is 16.5. The molecule has 0 aromatic heterocycles. The van der Waals surface area contributed by atoms with Crippen molar-refractivity contribution in [2.24, 2.45) is 11.3 Å². The molecule has 2 nitrogen and oxygen atoms in total. The summed E-state index contributed by atoms with van der Waals surface area (Å²) in [6.45, 7) is 9.16. The largest absolute Gasteiger partial charge is 0.399 e. The van der Waals surface area contributed by atoms with Gasteiger partial charge in [0.15, 0.2) is 0 Å². The van der Waals surface area contributed by atoms with E-state index in [-0.39, 0.29) is 6.10 Å². The summed E-state index contributed by atoms with van der Waals surface area (Å²) in [5, 5.41) is 0. The Balaban J connectivity index is 2.00. The molecule has 1 aromatic carbocycles. The monoisotopic (exact) mass is 261 g/mol. The van der Waals surface area contributed by atoms with Gasteiger partial charge in [-0.3, -0.25) is 0 Å². The molecule has 2 N–H and O–H groups in total. The van der Waals surface area contributed by atoms with E-state index >= 15 is 0 Å². The Labute approximate surface area is 117 Å². The van der Waals surface area contributed by atoms with Crippen LogP contribution in [0.5, 0.6) is 0 Å². The fourth-order valence-corrected chi connectivity index (χ4v) is 3.54. The molecule has 0 bridgehead atoms. The van der Waals surface area contributed by atoms with Crippen LogP contribution in [0.1, 0.15) is 58.6 Å². The predicted molar refractivity (Wildman–Crippen MR) is 80.9 cm³/mol. The third-order valence-electron chi connectivity index (χ3n) is 4.12. The average molecular weight is 261 g/mol. The summed E-state index contributed by atoms with van der Waals surface area (Å²) in [6.07, 6.45) is 4.13. The molecule has 19 heavy (non-hydrogen) atoms. The summed E-state index contributed by atoms with van der Waals surface area (Å²) < 4.78 is 6.28. The van der Waals surface area contributed by atoms with Gasteiger partial charge < -0.3 is 10.5 Å². The lowest BCUT2D eigenvalue weighted by atomic mass is 9.71. The van der Waals surface area contributed by atoms with E-state index in [9.17, 15) is 0 Å². The first-order valence-corrected chi connectivity index (χ1v) is 7.36. The fourth-order valence-electron chi connectivity index (χ4n) is 3.54. The molecule has 1 aliphatic carbocycles. The zero-order valence-electron chi connectivity index (χ0n) is 12.6. The smallest absolute Gasteiger partial charge is 0.0801 e. The molecule has 0 radical (unpaired) electrons. The van der Waals surface area contributed by atoms with E-state index in [1.165, 1.54) is 18.4 Å². The summed E-state index contributed by atoms with van der Waals surface area (Å²) in [7, 11) is 0. The quantitative estimate of drug-likeness (QED) is 0.809. The lowest BCUT2D eigenvalue weighted by Crippen LogP contribution is -2.33. The Morgan fingerprint density at radius 3 is 2.68 bits per heavy atom. The molecule has 2 heteroatoms. The highest BCUT2D eigenvalue weighted by Crippen LogP contribution is 2.41. The molecule has 0 saturated heterocycles. The topological polar surface area (TPSA) is 35.2 Å². The Hall–Kier alpha value is -1.02. The molecule has 106 valence electrons. The van der Waals surface area contributed by atoms with Crippen LogP contribution in [0.3, 0.4) is 0 Å². The van der Waals surface area contributed by atoms with Crippen LogP contribution in [0.4, 0.5) is 5.69 Å². The molecule has 1 aromatic rings. The molecule has 3 unspecified atom stereocenters. The molecule has 0 amide bonds. The minimum atomic E-state index is 0.120. The Bertz CT molecular complexity index is 427. The lowest BCUT2D eigenvalue weighted by Gasteiger charge is -2.39. The second-order valence-corrected chi connectivity index (χ2v) is 6.98. The van der Waals surface area contributed by atoms with Crippen LogP contribution in [0.2, 0.25) is 0 Å². The van der Waals surface area contributed by atoms with E-state index < -0.39 is 0 Å². The summed E-state index contributed by atoms with van der Waals surface area (Å²) in [5.41, 5.74) is 8.23. The van der Waals surface area contributed by atoms with Gasteiger partial charge in [0.2, 0.25) is 0 Å². The van der Waals surface area contributed by atoms with Crippen molar-refractivity contribution in [1.29, 1.82) is 0 Å². The van der Waals surface area contributed by atoms with Gasteiger partial charge in [0.05, 0.1) is 12.2 Å². The maximum absolute atomic E-state index is 6.28. The van der Waals surface area contributed by atoms with Crippen LogP contribution in [-0.4, -0.2) is 6.10 Å². The van der Waals surface area contributed by atoms with Crippen LogP contribution < -0.4 is 5.73 Å². The van der Waals surface area contributed by atoms with Crippen LogP contribution in [0.25, 0.3) is 0 Å². The Morgan fingerprint density at radius 1 is 1.32 bits per heavy atom. The summed E-state index contributed by atoms with van der Waals surface area (Å²) in [6, 6.07) is 8.03. The summed E-state index contributed by atoms with van der Waals surface area (Å²) in [5.74, 6) is 0.752. The third kappa shape index (κ3) is 3.97. The van der Waals surface area contributed by atoms with E-state index in [1.807, 2.05) is 18.2 Å². The molecule has 0 heterocycles. The second-order valence-electron chi connectivity index (χ2n) is 6.98. The molecule has 1 aliphatic rings. The molecule has 3 atom stereocenters. The zero-order chi connectivity index (χ0) is 14.0. The van der Waals surface area contributed by atoms with Crippen molar-refractivity contribution in [2.75, 3.05) is 5.73 Å². The van der Waals surface area contributed by atoms with Crippen LogP contribution >= 0.6 is 0 Å². The van der Waals surface area contributed by atoms with E-state index in [1.54, 1.807) is 0 Å². The Morgan fingerprint density at radius 2 is 2.05 bits per heavy atom. The van der Waals surface area contributed by atoms with Crippen molar-refractivity contribution < 1.29 is 4.74 Å². The SMILES string of the molecule is CC1CC(OC(C)c2cccc(N)c2)CC(C)(C)C1. The molecule has 0 aliphatic heterocycles. The van der Waals surface area contributed by atoms with Gasteiger partial charge in [-0.1, -0.05) is 32.9 Å². The van der Waals surface area contributed by atoms with E-state index in [0.717, 1.165) is 18.0 Å². The molecule has 1 fully saturated rings. The Kier molecular flexibility index (Phi) is 4.19. The van der Waals surface area contributed by atoms with Crippen molar-refractivity contribution in [2.45, 2.75) is 59.2 Å². The van der Waals surface area contributed by atoms with Crippen molar-refractivity contribution in [1.82, 2.24) is 0 Å².